The Morgan fingerprint density at radius 1 is 1.00 bits per heavy atom. The van der Waals surface area contributed by atoms with Gasteiger partial charge in [-0.1, -0.05) is 18.2 Å². The Morgan fingerprint density at radius 3 is 2.21 bits per heavy atom. The van der Waals surface area contributed by atoms with Gasteiger partial charge in [0.05, 0.1) is 11.0 Å². The number of hydrogen-bond donors (Lipinski definition) is 0. The van der Waals surface area contributed by atoms with E-state index in [-0.39, 0.29) is 16.9 Å². The van der Waals surface area contributed by atoms with Gasteiger partial charge in [0.2, 0.25) is 11.6 Å². The average Bonchev–Trinajstić information content (AvgIpc) is 2.79. The van der Waals surface area contributed by atoms with E-state index in [1.54, 1.807) is 24.8 Å². The van der Waals surface area contributed by atoms with Crippen LogP contribution in [0.5, 0.6) is 0 Å². The molecule has 1 aliphatic heterocycles. The Kier molecular flexibility index (Phi) is 5.90. The Hall–Kier alpha value is -3.36. The first-order chi connectivity index (χ1) is 15.6. The molecule has 6 nitrogen and oxygen atoms in total. The van der Waals surface area contributed by atoms with E-state index in [0.717, 1.165) is 21.4 Å². The minimum atomic E-state index is -4.92. The zero-order valence-electron chi connectivity index (χ0n) is 18.7. The lowest BCUT2D eigenvalue weighted by Gasteiger charge is -2.37. The third-order valence-corrected chi connectivity index (χ3v) is 6.23. The van der Waals surface area contributed by atoms with Crippen molar-refractivity contribution in [1.29, 1.82) is 0 Å². The number of piperazine rings is 1. The highest BCUT2D eigenvalue weighted by molar-refractivity contribution is 5.84. The van der Waals surface area contributed by atoms with Crippen molar-refractivity contribution in [3.8, 4) is 0 Å². The van der Waals surface area contributed by atoms with E-state index < -0.39 is 23.5 Å². The number of rotatable bonds is 3. The lowest BCUT2D eigenvalue weighted by molar-refractivity contribution is -0.143. The monoisotopic (exact) mass is 458 g/mol. The minimum absolute atomic E-state index is 0.0403. The van der Waals surface area contributed by atoms with Crippen molar-refractivity contribution in [2.45, 2.75) is 33.0 Å². The van der Waals surface area contributed by atoms with Gasteiger partial charge in [0.1, 0.15) is 6.04 Å². The van der Waals surface area contributed by atoms with Crippen molar-refractivity contribution in [3.05, 3.63) is 69.6 Å². The Morgan fingerprint density at radius 2 is 1.61 bits per heavy atom. The number of nitrogens with zero attached hydrogens (tertiary/aromatic N) is 4. The number of alkyl halides is 3. The summed E-state index contributed by atoms with van der Waals surface area (Å²) in [6, 6.07) is 11.8. The number of hydrogen-bond acceptors (Lipinski definition) is 4. The highest BCUT2D eigenvalue weighted by atomic mass is 19.4. The van der Waals surface area contributed by atoms with E-state index in [2.05, 4.69) is 9.88 Å². The molecule has 0 saturated carbocycles. The fraction of sp³-hybridized carbons (Fsp3) is 0.375. The third-order valence-electron chi connectivity index (χ3n) is 6.23. The number of amides is 1. The fourth-order valence-electron chi connectivity index (χ4n) is 4.23. The van der Waals surface area contributed by atoms with Gasteiger partial charge in [-0.2, -0.15) is 13.2 Å². The molecule has 1 unspecified atom stereocenters. The van der Waals surface area contributed by atoms with E-state index in [1.165, 1.54) is 13.0 Å². The summed E-state index contributed by atoms with van der Waals surface area (Å²) >= 11 is 0. The number of benzene rings is 2. The second-order valence-corrected chi connectivity index (χ2v) is 8.38. The summed E-state index contributed by atoms with van der Waals surface area (Å²) < 4.78 is 41.7. The topological polar surface area (TPSA) is 58.4 Å². The van der Waals surface area contributed by atoms with Crippen LogP contribution in [0.3, 0.4) is 0 Å². The number of anilines is 1. The molecule has 2 aromatic carbocycles. The van der Waals surface area contributed by atoms with Gasteiger partial charge in [0.25, 0.3) is 5.56 Å². The zero-order chi connectivity index (χ0) is 23.9. The second kappa shape index (κ2) is 8.53. The standard InChI is InChI=1S/C24H25F3N4O2/c1-15-13-19-20(14-16(15)2)31(23(33)21(28-19)24(25,26)27)17(3)22(32)30-11-9-29(10-12-30)18-7-5-4-6-8-18/h4-8,13-14,17H,9-12H2,1-3H3. The van der Waals surface area contributed by atoms with Crippen molar-refractivity contribution in [1.82, 2.24) is 14.5 Å². The van der Waals surface area contributed by atoms with Crippen LogP contribution in [-0.4, -0.2) is 46.5 Å². The number of fused-ring (bicyclic) bond motifs is 1. The maximum absolute atomic E-state index is 13.6. The van der Waals surface area contributed by atoms with Crippen LogP contribution >= 0.6 is 0 Å². The summed E-state index contributed by atoms with van der Waals surface area (Å²) in [5.41, 5.74) is 0.0552. The van der Waals surface area contributed by atoms with Crippen molar-refractivity contribution in [2.24, 2.45) is 0 Å². The first-order valence-electron chi connectivity index (χ1n) is 10.8. The molecule has 174 valence electrons. The molecule has 33 heavy (non-hydrogen) atoms. The number of carbonyl (C=O) groups is 1. The number of aryl methyl sites for hydroxylation is 2. The van der Waals surface area contributed by atoms with Crippen LogP contribution in [0, 0.1) is 13.8 Å². The molecule has 0 spiro atoms. The molecule has 1 aromatic heterocycles. The molecule has 3 aromatic rings. The first-order valence-corrected chi connectivity index (χ1v) is 10.8. The number of para-hydroxylation sites is 1. The molecule has 0 bridgehead atoms. The number of halogens is 3. The summed E-state index contributed by atoms with van der Waals surface area (Å²) in [4.78, 5) is 33.6. The molecule has 4 rings (SSSR count). The Labute approximate surface area is 189 Å². The summed E-state index contributed by atoms with van der Waals surface area (Å²) in [6.45, 7) is 7.07. The smallest absolute Gasteiger partial charge is 0.368 e. The Bertz CT molecular complexity index is 1250. The van der Waals surface area contributed by atoms with E-state index in [9.17, 15) is 22.8 Å². The first kappa shape index (κ1) is 22.8. The quantitative estimate of drug-likeness (QED) is 0.597. The summed E-state index contributed by atoms with van der Waals surface area (Å²) in [7, 11) is 0. The third kappa shape index (κ3) is 4.31. The van der Waals surface area contributed by atoms with Gasteiger partial charge in [-0.25, -0.2) is 4.98 Å². The molecule has 1 amide bonds. The molecule has 0 radical (unpaired) electrons. The van der Waals surface area contributed by atoms with E-state index >= 15 is 0 Å². The molecule has 0 N–H and O–H groups in total. The number of aromatic nitrogens is 2. The van der Waals surface area contributed by atoms with Crippen LogP contribution in [0.2, 0.25) is 0 Å². The molecule has 1 fully saturated rings. The molecular formula is C24H25F3N4O2. The summed E-state index contributed by atoms with van der Waals surface area (Å²) in [5.74, 6) is -0.385. The van der Waals surface area contributed by atoms with E-state index in [0.29, 0.717) is 26.2 Å². The van der Waals surface area contributed by atoms with Gasteiger partial charge < -0.3 is 9.80 Å². The van der Waals surface area contributed by atoms with Gasteiger partial charge in [-0.15, -0.1) is 0 Å². The predicted octanol–water partition coefficient (Wildman–Crippen LogP) is 3.94. The lowest BCUT2D eigenvalue weighted by atomic mass is 10.1. The molecule has 0 aliphatic carbocycles. The van der Waals surface area contributed by atoms with Crippen LogP contribution in [0.15, 0.2) is 47.3 Å². The van der Waals surface area contributed by atoms with Gasteiger partial charge >= 0.3 is 6.18 Å². The molecule has 1 atom stereocenters. The van der Waals surface area contributed by atoms with Crippen molar-refractivity contribution in [2.75, 3.05) is 31.1 Å². The van der Waals surface area contributed by atoms with Crippen molar-refractivity contribution < 1.29 is 18.0 Å². The van der Waals surface area contributed by atoms with Crippen LogP contribution < -0.4 is 10.5 Å². The van der Waals surface area contributed by atoms with Gasteiger partial charge in [-0.05, 0) is 56.2 Å². The largest absolute Gasteiger partial charge is 0.438 e. The summed E-state index contributed by atoms with van der Waals surface area (Å²) in [5, 5.41) is 0. The van der Waals surface area contributed by atoms with Crippen molar-refractivity contribution >= 4 is 22.6 Å². The maximum Gasteiger partial charge on any atom is 0.438 e. The van der Waals surface area contributed by atoms with E-state index in [4.69, 9.17) is 0 Å². The van der Waals surface area contributed by atoms with Gasteiger partial charge in [0, 0.05) is 31.9 Å². The SMILES string of the molecule is Cc1cc2nc(C(F)(F)F)c(=O)n(C(C)C(=O)N3CCN(c4ccccc4)CC3)c2cc1C. The Balaban J connectivity index is 1.68. The lowest BCUT2D eigenvalue weighted by Crippen LogP contribution is -2.51. The van der Waals surface area contributed by atoms with E-state index in [1.807, 2.05) is 30.3 Å². The fourth-order valence-corrected chi connectivity index (χ4v) is 4.23. The van der Waals surface area contributed by atoms with Gasteiger partial charge in [0.15, 0.2) is 0 Å². The zero-order valence-corrected chi connectivity index (χ0v) is 18.7. The molecule has 1 saturated heterocycles. The maximum atomic E-state index is 13.6. The van der Waals surface area contributed by atoms with Crippen LogP contribution in [0.1, 0.15) is 29.8 Å². The predicted molar refractivity (Wildman–Crippen MR) is 120 cm³/mol. The average molecular weight is 458 g/mol. The number of carbonyl (C=O) groups excluding carboxylic acids is 1. The minimum Gasteiger partial charge on any atom is -0.368 e. The molecule has 9 heteroatoms. The highest BCUT2D eigenvalue weighted by Gasteiger charge is 2.39. The molecule has 1 aliphatic rings. The van der Waals surface area contributed by atoms with Crippen LogP contribution in [-0.2, 0) is 11.0 Å². The van der Waals surface area contributed by atoms with Crippen LogP contribution in [0.25, 0.3) is 11.0 Å². The van der Waals surface area contributed by atoms with Crippen LogP contribution in [0.4, 0.5) is 18.9 Å². The normalized spacial score (nSPS) is 15.7. The highest BCUT2D eigenvalue weighted by Crippen LogP contribution is 2.29. The summed E-state index contributed by atoms with van der Waals surface area (Å²) in [6.07, 6.45) is -4.92. The second-order valence-electron chi connectivity index (χ2n) is 8.38. The van der Waals surface area contributed by atoms with Crippen molar-refractivity contribution in [3.63, 3.8) is 0 Å². The molecule has 2 heterocycles. The van der Waals surface area contributed by atoms with Gasteiger partial charge in [-0.3, -0.25) is 14.2 Å². The molecular weight excluding hydrogens is 433 g/mol.